The average Bonchev–Trinajstić information content (AvgIpc) is 3.04. The number of carbonyl (C=O) groups is 4. The molecule has 0 saturated carbocycles. The molecule has 0 aromatic heterocycles. The number of alkyl halides is 3. The minimum Gasteiger partial charge on any atom is -0.497 e. The summed E-state index contributed by atoms with van der Waals surface area (Å²) in [7, 11) is 1.44. The molecule has 1 N–H and O–H groups in total. The molecule has 11 nitrogen and oxygen atoms in total. The highest BCUT2D eigenvalue weighted by Crippen LogP contribution is 2.47. The number of halogens is 3. The van der Waals surface area contributed by atoms with Crippen LogP contribution in [0.25, 0.3) is 0 Å². The van der Waals surface area contributed by atoms with Gasteiger partial charge in [0.25, 0.3) is 11.8 Å². The van der Waals surface area contributed by atoms with E-state index in [4.69, 9.17) is 14.2 Å². The van der Waals surface area contributed by atoms with Gasteiger partial charge in [0, 0.05) is 44.2 Å². The molecule has 1 saturated heterocycles. The number of amides is 4. The van der Waals surface area contributed by atoms with E-state index in [0.717, 1.165) is 12.1 Å². The van der Waals surface area contributed by atoms with Crippen LogP contribution in [0, 0.1) is 0 Å². The Balaban J connectivity index is 1.82. The van der Waals surface area contributed by atoms with Crippen molar-refractivity contribution in [3.05, 3.63) is 53.1 Å². The Hall–Kier alpha value is -4.49. The number of methoxy groups -OCH3 is 1. The average molecular weight is 705 g/mol. The Bertz CT molecular complexity index is 1610. The first kappa shape index (κ1) is 38.3. The Labute approximate surface area is 291 Å². The zero-order valence-electron chi connectivity index (χ0n) is 29.9. The van der Waals surface area contributed by atoms with E-state index in [1.807, 2.05) is 0 Å². The molecule has 1 fully saturated rings. The lowest BCUT2D eigenvalue weighted by Gasteiger charge is -2.43. The summed E-state index contributed by atoms with van der Waals surface area (Å²) in [6.45, 7) is 12.1. The Morgan fingerprint density at radius 1 is 1.14 bits per heavy atom. The summed E-state index contributed by atoms with van der Waals surface area (Å²) >= 11 is 0. The van der Waals surface area contributed by atoms with Crippen molar-refractivity contribution < 1.29 is 46.6 Å². The van der Waals surface area contributed by atoms with E-state index in [9.17, 15) is 32.3 Å². The predicted octanol–water partition coefficient (Wildman–Crippen LogP) is 6.13. The van der Waals surface area contributed by atoms with E-state index >= 15 is 0 Å². The van der Waals surface area contributed by atoms with E-state index in [-0.39, 0.29) is 43.4 Å². The van der Waals surface area contributed by atoms with E-state index < -0.39 is 58.5 Å². The summed E-state index contributed by atoms with van der Waals surface area (Å²) in [5.74, 6) is -1.63. The molecule has 0 radical (unpaired) electrons. The van der Waals surface area contributed by atoms with Crippen LogP contribution >= 0.6 is 0 Å². The number of likely N-dealkylation sites (tertiary alicyclic amines) is 1. The van der Waals surface area contributed by atoms with Crippen molar-refractivity contribution in [2.24, 2.45) is 0 Å². The second-order valence-corrected chi connectivity index (χ2v) is 13.9. The molecule has 2 heterocycles. The third-order valence-electron chi connectivity index (χ3n) is 8.72. The van der Waals surface area contributed by atoms with Crippen molar-refractivity contribution >= 4 is 29.5 Å². The summed E-state index contributed by atoms with van der Waals surface area (Å²) in [6, 6.07) is 7.13. The maximum absolute atomic E-state index is 14.9. The summed E-state index contributed by atoms with van der Waals surface area (Å²) in [4.78, 5) is 57.7. The second kappa shape index (κ2) is 14.8. The third-order valence-corrected chi connectivity index (χ3v) is 8.72. The molecule has 0 bridgehead atoms. The topological polar surface area (TPSA) is 118 Å². The molecule has 2 aliphatic rings. The van der Waals surface area contributed by atoms with Crippen LogP contribution in [0.4, 0.5) is 23.7 Å². The van der Waals surface area contributed by atoms with Crippen molar-refractivity contribution in [2.75, 3.05) is 38.2 Å². The lowest BCUT2D eigenvalue weighted by atomic mass is 9.90. The molecule has 14 heteroatoms. The highest BCUT2D eigenvalue weighted by Gasteiger charge is 2.49. The van der Waals surface area contributed by atoms with Gasteiger partial charge in [-0.2, -0.15) is 13.2 Å². The molecular formula is C36H47F3N4O7. The molecule has 2 aliphatic heterocycles. The molecule has 2 atom stereocenters. The van der Waals surface area contributed by atoms with Crippen LogP contribution in [0.3, 0.4) is 0 Å². The molecule has 4 rings (SSSR count). The summed E-state index contributed by atoms with van der Waals surface area (Å²) in [5.41, 5.74) is -4.13. The maximum Gasteiger partial charge on any atom is 0.417 e. The number of nitrogens with zero attached hydrogens (tertiary/aromatic N) is 3. The SMILES string of the molecule is CCC(=O)NCCN1C(=O)C(C)(c2cccc(OC)c2)Oc2cc(C(F)(F)F)c(C(=O)N(C(C)C)[C@@H]3CCCN(C(=O)OC(C)(C)C)C3)cc21. The first-order valence-electron chi connectivity index (χ1n) is 16.8. The fourth-order valence-corrected chi connectivity index (χ4v) is 6.29. The van der Waals surface area contributed by atoms with Crippen LogP contribution < -0.4 is 19.7 Å². The molecule has 2 aromatic carbocycles. The van der Waals surface area contributed by atoms with Gasteiger partial charge in [-0.3, -0.25) is 14.4 Å². The molecule has 0 spiro atoms. The van der Waals surface area contributed by atoms with Gasteiger partial charge in [0.1, 0.15) is 17.1 Å². The molecule has 0 aliphatic carbocycles. The third kappa shape index (κ3) is 8.27. The van der Waals surface area contributed by atoms with Crippen LogP contribution in [0.2, 0.25) is 0 Å². The van der Waals surface area contributed by atoms with Crippen LogP contribution in [0.5, 0.6) is 11.5 Å². The quantitative estimate of drug-likeness (QED) is 0.334. The van der Waals surface area contributed by atoms with Crippen molar-refractivity contribution in [2.45, 2.75) is 97.2 Å². The normalized spacial score (nSPS) is 19.4. The highest BCUT2D eigenvalue weighted by molar-refractivity contribution is 6.05. The Morgan fingerprint density at radius 3 is 2.44 bits per heavy atom. The Morgan fingerprint density at radius 2 is 1.84 bits per heavy atom. The van der Waals surface area contributed by atoms with Gasteiger partial charge < -0.3 is 34.2 Å². The van der Waals surface area contributed by atoms with Gasteiger partial charge in [0.2, 0.25) is 11.5 Å². The number of anilines is 1. The number of carbonyl (C=O) groups excluding carboxylic acids is 4. The maximum atomic E-state index is 14.9. The van der Waals surface area contributed by atoms with E-state index in [1.165, 1.54) is 28.7 Å². The molecule has 4 amide bonds. The van der Waals surface area contributed by atoms with E-state index in [0.29, 0.717) is 30.7 Å². The van der Waals surface area contributed by atoms with E-state index in [1.54, 1.807) is 65.8 Å². The van der Waals surface area contributed by atoms with Crippen LogP contribution in [0.1, 0.15) is 89.2 Å². The van der Waals surface area contributed by atoms with Crippen molar-refractivity contribution in [3.8, 4) is 11.5 Å². The molecule has 50 heavy (non-hydrogen) atoms. The van der Waals surface area contributed by atoms with Gasteiger partial charge in [-0.05, 0) is 78.6 Å². The number of piperidine rings is 1. The van der Waals surface area contributed by atoms with Gasteiger partial charge in [-0.25, -0.2) is 4.79 Å². The van der Waals surface area contributed by atoms with Gasteiger partial charge in [0.15, 0.2) is 0 Å². The standard InChI is InChI=1S/C36H47F3N4O7/c1-9-30(44)40-15-17-42-28-19-26(31(45)43(22(2)3)24-13-11-16-41(21-24)33(47)50-34(4,5)6)27(36(37,38)39)20-29(28)49-35(7,32(42)46)23-12-10-14-25(18-23)48-8/h10,12,14,18-20,22,24H,9,11,13,15-17,21H2,1-8H3,(H,40,44)/t24-,35?/m1/s1. The molecule has 274 valence electrons. The first-order chi connectivity index (χ1) is 23.3. The van der Waals surface area contributed by atoms with Gasteiger partial charge in [-0.15, -0.1) is 0 Å². The number of fused-ring (bicyclic) bond motifs is 1. The summed E-state index contributed by atoms with van der Waals surface area (Å²) < 4.78 is 61.7. The summed E-state index contributed by atoms with van der Waals surface area (Å²) in [6.07, 6.45) is -4.38. The van der Waals surface area contributed by atoms with Gasteiger partial charge in [0.05, 0.1) is 30.0 Å². The van der Waals surface area contributed by atoms with Crippen molar-refractivity contribution in [1.29, 1.82) is 0 Å². The minimum absolute atomic E-state index is 0.00294. The fraction of sp³-hybridized carbons (Fsp3) is 0.556. The number of ether oxygens (including phenoxy) is 3. The van der Waals surface area contributed by atoms with Crippen LogP contribution in [-0.4, -0.2) is 84.6 Å². The van der Waals surface area contributed by atoms with E-state index in [2.05, 4.69) is 5.32 Å². The highest BCUT2D eigenvalue weighted by atomic mass is 19.4. The zero-order valence-corrected chi connectivity index (χ0v) is 29.9. The zero-order chi connectivity index (χ0) is 37.2. The van der Waals surface area contributed by atoms with Gasteiger partial charge in [-0.1, -0.05) is 19.1 Å². The first-order valence-corrected chi connectivity index (χ1v) is 16.8. The van der Waals surface area contributed by atoms with Crippen LogP contribution in [-0.2, 0) is 26.1 Å². The largest absolute Gasteiger partial charge is 0.497 e. The number of hydrogen-bond acceptors (Lipinski definition) is 7. The number of benzene rings is 2. The van der Waals surface area contributed by atoms with Crippen LogP contribution in [0.15, 0.2) is 36.4 Å². The fourth-order valence-electron chi connectivity index (χ4n) is 6.29. The number of hydrogen-bond donors (Lipinski definition) is 1. The predicted molar refractivity (Wildman–Crippen MR) is 180 cm³/mol. The minimum atomic E-state index is -4.98. The van der Waals surface area contributed by atoms with Crippen molar-refractivity contribution in [3.63, 3.8) is 0 Å². The van der Waals surface area contributed by atoms with Gasteiger partial charge >= 0.3 is 12.3 Å². The van der Waals surface area contributed by atoms with Crippen molar-refractivity contribution in [1.82, 2.24) is 15.1 Å². The molecule has 1 unspecified atom stereocenters. The lowest BCUT2D eigenvalue weighted by Crippen LogP contribution is -2.55. The monoisotopic (exact) mass is 704 g/mol. The summed E-state index contributed by atoms with van der Waals surface area (Å²) in [5, 5.41) is 2.70. The second-order valence-electron chi connectivity index (χ2n) is 13.9. The lowest BCUT2D eigenvalue weighted by molar-refractivity contribution is -0.138. The number of rotatable bonds is 9. The molecule has 2 aromatic rings. The Kier molecular flexibility index (Phi) is 11.3. The smallest absolute Gasteiger partial charge is 0.417 e. The molecular weight excluding hydrogens is 657 g/mol. The number of nitrogens with one attached hydrogen (secondary N) is 1.